The SMILES string of the molecule is CCC(=O)O[C@@H](C)CC(N)(Cc1ccc(OC(=O)CC(C)(C)C)c(OC(=O)CC(C)(C)C)c1)C(=O)OC. The fourth-order valence-electron chi connectivity index (χ4n) is 3.67. The molecule has 0 aliphatic carbocycles. The Labute approximate surface area is 220 Å². The molecule has 37 heavy (non-hydrogen) atoms. The maximum absolute atomic E-state index is 12.7. The average molecular weight is 522 g/mol. The second kappa shape index (κ2) is 13.0. The van der Waals surface area contributed by atoms with Crippen LogP contribution in [0.2, 0.25) is 0 Å². The van der Waals surface area contributed by atoms with Crippen molar-refractivity contribution in [1.82, 2.24) is 0 Å². The van der Waals surface area contributed by atoms with Crippen LogP contribution in [0.3, 0.4) is 0 Å². The van der Waals surface area contributed by atoms with Gasteiger partial charge in [0.1, 0.15) is 11.6 Å². The summed E-state index contributed by atoms with van der Waals surface area (Å²) in [6, 6.07) is 4.66. The zero-order chi connectivity index (χ0) is 28.6. The highest BCUT2D eigenvalue weighted by atomic mass is 16.6. The van der Waals surface area contributed by atoms with Crippen molar-refractivity contribution >= 4 is 23.9 Å². The van der Waals surface area contributed by atoms with Gasteiger partial charge in [0.2, 0.25) is 0 Å². The highest BCUT2D eigenvalue weighted by molar-refractivity contribution is 5.81. The Morgan fingerprint density at radius 3 is 1.84 bits per heavy atom. The maximum Gasteiger partial charge on any atom is 0.326 e. The van der Waals surface area contributed by atoms with E-state index >= 15 is 0 Å². The summed E-state index contributed by atoms with van der Waals surface area (Å²) < 4.78 is 21.4. The van der Waals surface area contributed by atoms with Gasteiger partial charge >= 0.3 is 23.9 Å². The molecular weight excluding hydrogens is 478 g/mol. The van der Waals surface area contributed by atoms with E-state index in [0.29, 0.717) is 5.56 Å². The van der Waals surface area contributed by atoms with E-state index in [9.17, 15) is 19.2 Å². The Kier molecular flexibility index (Phi) is 11.3. The molecule has 0 fully saturated rings. The van der Waals surface area contributed by atoms with Crippen molar-refractivity contribution in [2.45, 2.75) is 99.1 Å². The van der Waals surface area contributed by atoms with Crippen molar-refractivity contribution in [3.8, 4) is 11.5 Å². The van der Waals surface area contributed by atoms with Crippen LogP contribution in [0.1, 0.15) is 86.6 Å². The summed E-state index contributed by atoms with van der Waals surface area (Å²) >= 11 is 0. The number of benzene rings is 1. The quantitative estimate of drug-likeness (QED) is 0.330. The molecule has 0 aliphatic heterocycles. The first-order valence-corrected chi connectivity index (χ1v) is 12.5. The van der Waals surface area contributed by atoms with Crippen LogP contribution in [-0.2, 0) is 35.1 Å². The van der Waals surface area contributed by atoms with E-state index in [2.05, 4.69) is 0 Å². The molecule has 0 heterocycles. The van der Waals surface area contributed by atoms with Crippen LogP contribution < -0.4 is 15.2 Å². The Bertz CT molecular complexity index is 973. The van der Waals surface area contributed by atoms with E-state index in [4.69, 9.17) is 24.7 Å². The van der Waals surface area contributed by atoms with Crippen molar-refractivity contribution in [2.75, 3.05) is 7.11 Å². The Hall–Kier alpha value is -2.94. The van der Waals surface area contributed by atoms with Crippen LogP contribution in [-0.4, -0.2) is 42.6 Å². The minimum Gasteiger partial charge on any atom is -0.468 e. The molecule has 2 N–H and O–H groups in total. The number of hydrogen-bond acceptors (Lipinski definition) is 9. The number of nitrogens with two attached hydrogens (primary N) is 1. The normalized spacial score (nSPS) is 14.2. The van der Waals surface area contributed by atoms with Crippen molar-refractivity contribution in [3.63, 3.8) is 0 Å². The molecule has 0 aromatic heterocycles. The van der Waals surface area contributed by atoms with Crippen molar-refractivity contribution < 1.29 is 38.1 Å². The predicted octanol–water partition coefficient (Wildman–Crippen LogP) is 4.51. The van der Waals surface area contributed by atoms with Crippen LogP contribution in [0.25, 0.3) is 0 Å². The van der Waals surface area contributed by atoms with Crippen LogP contribution >= 0.6 is 0 Å². The van der Waals surface area contributed by atoms with Gasteiger partial charge in [-0.25, -0.2) is 0 Å². The van der Waals surface area contributed by atoms with Gasteiger partial charge in [0.25, 0.3) is 0 Å². The minimum absolute atomic E-state index is 0.00622. The highest BCUT2D eigenvalue weighted by Gasteiger charge is 2.38. The molecule has 0 saturated heterocycles. The molecule has 0 saturated carbocycles. The van der Waals surface area contributed by atoms with Gasteiger partial charge in [-0.2, -0.15) is 0 Å². The molecule has 1 rings (SSSR count). The van der Waals surface area contributed by atoms with Crippen molar-refractivity contribution in [2.24, 2.45) is 16.6 Å². The lowest BCUT2D eigenvalue weighted by Gasteiger charge is -2.29. The lowest BCUT2D eigenvalue weighted by atomic mass is 9.86. The average Bonchev–Trinajstić information content (AvgIpc) is 2.71. The second-order valence-corrected chi connectivity index (χ2v) is 11.9. The molecule has 2 atom stereocenters. The first kappa shape index (κ1) is 32.1. The fourth-order valence-corrected chi connectivity index (χ4v) is 3.67. The van der Waals surface area contributed by atoms with Gasteiger partial charge in [0, 0.05) is 19.3 Å². The van der Waals surface area contributed by atoms with Gasteiger partial charge in [-0.15, -0.1) is 0 Å². The molecule has 1 aromatic carbocycles. The number of carbonyl (C=O) groups excluding carboxylic acids is 4. The molecule has 0 radical (unpaired) electrons. The number of esters is 4. The Morgan fingerprint density at radius 2 is 1.38 bits per heavy atom. The molecule has 0 amide bonds. The number of hydrogen-bond donors (Lipinski definition) is 1. The van der Waals surface area contributed by atoms with Gasteiger partial charge in [0.05, 0.1) is 20.0 Å². The summed E-state index contributed by atoms with van der Waals surface area (Å²) in [4.78, 5) is 49.4. The van der Waals surface area contributed by atoms with Gasteiger partial charge in [0.15, 0.2) is 11.5 Å². The van der Waals surface area contributed by atoms with Gasteiger partial charge < -0.3 is 24.7 Å². The van der Waals surface area contributed by atoms with Crippen molar-refractivity contribution in [3.05, 3.63) is 23.8 Å². The number of methoxy groups -OCH3 is 1. The fraction of sp³-hybridized carbons (Fsp3) is 0.643. The molecule has 0 aliphatic rings. The third kappa shape index (κ3) is 11.8. The predicted molar refractivity (Wildman–Crippen MR) is 139 cm³/mol. The summed E-state index contributed by atoms with van der Waals surface area (Å²) in [5, 5.41) is 0. The lowest BCUT2D eigenvalue weighted by Crippen LogP contribution is -2.53. The molecule has 9 nitrogen and oxygen atoms in total. The highest BCUT2D eigenvalue weighted by Crippen LogP contribution is 2.33. The third-order valence-corrected chi connectivity index (χ3v) is 5.19. The summed E-state index contributed by atoms with van der Waals surface area (Å²) in [5.41, 5.74) is 4.86. The van der Waals surface area contributed by atoms with Gasteiger partial charge in [-0.3, -0.25) is 19.2 Å². The van der Waals surface area contributed by atoms with Crippen molar-refractivity contribution in [1.29, 1.82) is 0 Å². The van der Waals surface area contributed by atoms with E-state index in [1.807, 2.05) is 41.5 Å². The topological polar surface area (TPSA) is 131 Å². The molecular formula is C28H43NO8. The summed E-state index contributed by atoms with van der Waals surface area (Å²) in [5.74, 6) is -1.92. The Balaban J connectivity index is 3.32. The van der Waals surface area contributed by atoms with Gasteiger partial charge in [-0.1, -0.05) is 54.5 Å². The molecule has 9 heteroatoms. The lowest BCUT2D eigenvalue weighted by molar-refractivity contribution is -0.154. The number of rotatable bonds is 11. The zero-order valence-electron chi connectivity index (χ0n) is 23.7. The second-order valence-electron chi connectivity index (χ2n) is 11.9. The summed E-state index contributed by atoms with van der Waals surface area (Å²) in [6.45, 7) is 14.8. The number of carbonyl (C=O) groups is 4. The smallest absolute Gasteiger partial charge is 0.326 e. The molecule has 0 bridgehead atoms. The van der Waals surface area contributed by atoms with E-state index in [1.165, 1.54) is 19.2 Å². The third-order valence-electron chi connectivity index (χ3n) is 5.19. The molecule has 208 valence electrons. The summed E-state index contributed by atoms with van der Waals surface area (Å²) in [6.07, 6.45) is -0.152. The van der Waals surface area contributed by atoms with Crippen LogP contribution in [0.15, 0.2) is 18.2 Å². The largest absolute Gasteiger partial charge is 0.468 e. The number of ether oxygens (including phenoxy) is 4. The van der Waals surface area contributed by atoms with E-state index in [-0.39, 0.29) is 54.4 Å². The summed E-state index contributed by atoms with van der Waals surface area (Å²) in [7, 11) is 1.23. The monoisotopic (exact) mass is 521 g/mol. The first-order valence-electron chi connectivity index (χ1n) is 12.5. The molecule has 0 spiro atoms. The minimum atomic E-state index is -1.53. The van der Waals surface area contributed by atoms with E-state index < -0.39 is 35.5 Å². The zero-order valence-corrected chi connectivity index (χ0v) is 23.7. The standard InChI is InChI=1S/C28H43NO8/c1-10-22(30)35-18(2)14-28(29,25(33)34-9)15-19-11-12-20(36-23(31)16-26(3,4)5)21(13-19)37-24(32)17-27(6,7)8/h11-13,18H,10,14-17,29H2,1-9H3/t18-,28?/m0/s1. The Morgan fingerprint density at radius 1 is 0.865 bits per heavy atom. The molecule has 1 unspecified atom stereocenters. The van der Waals surface area contributed by atoms with Crippen LogP contribution in [0.4, 0.5) is 0 Å². The maximum atomic E-state index is 12.7. The van der Waals surface area contributed by atoms with Crippen LogP contribution in [0.5, 0.6) is 11.5 Å². The van der Waals surface area contributed by atoms with E-state index in [1.54, 1.807) is 19.9 Å². The molecule has 1 aromatic rings. The van der Waals surface area contributed by atoms with Gasteiger partial charge in [-0.05, 0) is 35.4 Å². The van der Waals surface area contributed by atoms with Crippen LogP contribution in [0, 0.1) is 10.8 Å². The first-order chi connectivity index (χ1) is 16.9. The van der Waals surface area contributed by atoms with E-state index in [0.717, 1.165) is 0 Å².